The van der Waals surface area contributed by atoms with Crippen LogP contribution < -0.4 is 0 Å². The minimum Gasteiger partial charge on any atom is -0.391 e. The lowest BCUT2D eigenvalue weighted by atomic mass is 9.66. The molecule has 176 valence electrons. The fourth-order valence-corrected chi connectivity index (χ4v) is 6.52. The number of benzene rings is 2. The molecule has 2 aliphatic heterocycles. The summed E-state index contributed by atoms with van der Waals surface area (Å²) in [7, 11) is 0. The van der Waals surface area contributed by atoms with Crippen molar-refractivity contribution in [3.05, 3.63) is 71.5 Å². The lowest BCUT2D eigenvalue weighted by molar-refractivity contribution is -0.0546. The first-order chi connectivity index (χ1) is 16.0. The van der Waals surface area contributed by atoms with E-state index in [1.807, 2.05) is 4.90 Å². The quantitative estimate of drug-likeness (QED) is 0.728. The number of halogens is 1. The number of carbonyl (C=O) groups is 1. The average Bonchev–Trinajstić information content (AvgIpc) is 2.86. The van der Waals surface area contributed by atoms with Crippen molar-refractivity contribution in [1.29, 1.82) is 0 Å². The van der Waals surface area contributed by atoms with E-state index < -0.39 is 0 Å². The highest BCUT2D eigenvalue weighted by Crippen LogP contribution is 2.45. The Morgan fingerprint density at radius 2 is 1.67 bits per heavy atom. The number of amides is 1. The second-order valence-corrected chi connectivity index (χ2v) is 10.4. The zero-order valence-electron chi connectivity index (χ0n) is 19.3. The third kappa shape index (κ3) is 4.85. The number of piperidine rings is 2. The Balaban J connectivity index is 1.24. The summed E-state index contributed by atoms with van der Waals surface area (Å²) in [5.74, 6) is 0.290. The molecule has 1 spiro atoms. The van der Waals surface area contributed by atoms with Gasteiger partial charge in [0.25, 0.3) is 5.91 Å². The van der Waals surface area contributed by atoms with Crippen LogP contribution in [0, 0.1) is 11.2 Å². The zero-order chi connectivity index (χ0) is 22.8. The van der Waals surface area contributed by atoms with Crippen LogP contribution in [0.3, 0.4) is 0 Å². The first kappa shape index (κ1) is 22.5. The summed E-state index contributed by atoms with van der Waals surface area (Å²) in [5, 5.41) is 10.9. The van der Waals surface area contributed by atoms with Crippen molar-refractivity contribution in [2.24, 2.45) is 5.41 Å². The molecule has 1 amide bonds. The molecular weight excluding hydrogens is 415 g/mol. The van der Waals surface area contributed by atoms with E-state index in [9.17, 15) is 14.3 Å². The Bertz CT molecular complexity index is 942. The average molecular weight is 451 g/mol. The largest absolute Gasteiger partial charge is 0.391 e. The van der Waals surface area contributed by atoms with Gasteiger partial charge in [0, 0.05) is 24.7 Å². The van der Waals surface area contributed by atoms with Crippen LogP contribution in [0.5, 0.6) is 0 Å². The maximum atomic E-state index is 13.3. The number of aliphatic hydroxyl groups is 1. The third-order valence-electron chi connectivity index (χ3n) is 8.37. The predicted molar refractivity (Wildman–Crippen MR) is 128 cm³/mol. The van der Waals surface area contributed by atoms with Crippen LogP contribution >= 0.6 is 0 Å². The summed E-state index contributed by atoms with van der Waals surface area (Å²) < 4.78 is 13.3. The summed E-state index contributed by atoms with van der Waals surface area (Å²) in [5.41, 5.74) is 2.07. The fourth-order valence-electron chi connectivity index (χ4n) is 6.52. The minimum absolute atomic E-state index is 0.000391. The monoisotopic (exact) mass is 450 g/mol. The van der Waals surface area contributed by atoms with E-state index >= 15 is 0 Å². The van der Waals surface area contributed by atoms with Gasteiger partial charge in [0.1, 0.15) is 5.82 Å². The molecule has 0 aromatic heterocycles. The maximum absolute atomic E-state index is 13.3. The van der Waals surface area contributed by atoms with Crippen LogP contribution in [-0.4, -0.2) is 59.1 Å². The molecule has 2 saturated heterocycles. The van der Waals surface area contributed by atoms with Gasteiger partial charge in [-0.1, -0.05) is 30.3 Å². The summed E-state index contributed by atoms with van der Waals surface area (Å²) in [6.07, 6.45) is 6.82. The van der Waals surface area contributed by atoms with E-state index in [1.54, 1.807) is 12.1 Å². The molecule has 3 fully saturated rings. The van der Waals surface area contributed by atoms with Gasteiger partial charge in [-0.2, -0.15) is 0 Å². The molecule has 3 aliphatic rings. The molecular formula is C28H35FN2O2. The van der Waals surface area contributed by atoms with Gasteiger partial charge >= 0.3 is 0 Å². The SMILES string of the molecule is O=C(c1ccc(F)cc1)N1CCC[C@@]2(CC[C@@H](O)[C@H](N3CCC(c4ccccc4)CC3)C2)C1. The highest BCUT2D eigenvalue weighted by Gasteiger charge is 2.46. The van der Waals surface area contributed by atoms with Crippen LogP contribution in [0.4, 0.5) is 4.39 Å². The number of hydrogen-bond acceptors (Lipinski definition) is 3. The number of nitrogens with zero attached hydrogens (tertiary/aromatic N) is 2. The Hall–Kier alpha value is -2.24. The molecule has 2 heterocycles. The van der Waals surface area contributed by atoms with Crippen molar-refractivity contribution < 1.29 is 14.3 Å². The molecule has 33 heavy (non-hydrogen) atoms. The summed E-state index contributed by atoms with van der Waals surface area (Å²) >= 11 is 0. The van der Waals surface area contributed by atoms with E-state index in [0.29, 0.717) is 11.5 Å². The second kappa shape index (κ2) is 9.55. The van der Waals surface area contributed by atoms with Crippen molar-refractivity contribution in [2.75, 3.05) is 26.2 Å². The number of hydrogen-bond donors (Lipinski definition) is 1. The Morgan fingerprint density at radius 3 is 2.39 bits per heavy atom. The first-order valence-electron chi connectivity index (χ1n) is 12.5. The van der Waals surface area contributed by atoms with Crippen LogP contribution in [0.25, 0.3) is 0 Å². The van der Waals surface area contributed by atoms with Gasteiger partial charge in [-0.25, -0.2) is 4.39 Å². The first-order valence-corrected chi connectivity index (χ1v) is 12.5. The van der Waals surface area contributed by atoms with Crippen LogP contribution in [0.2, 0.25) is 0 Å². The predicted octanol–water partition coefficient (Wildman–Crippen LogP) is 4.84. The molecule has 2 aromatic rings. The Labute approximate surface area is 196 Å². The van der Waals surface area contributed by atoms with Gasteiger partial charge in [0.05, 0.1) is 6.10 Å². The summed E-state index contributed by atoms with van der Waals surface area (Å²) in [6.45, 7) is 3.55. The molecule has 5 heteroatoms. The third-order valence-corrected chi connectivity index (χ3v) is 8.37. The van der Waals surface area contributed by atoms with E-state index in [1.165, 1.54) is 17.7 Å². The van der Waals surface area contributed by atoms with Crippen molar-refractivity contribution >= 4 is 5.91 Å². The van der Waals surface area contributed by atoms with Crippen molar-refractivity contribution in [1.82, 2.24) is 9.80 Å². The highest BCUT2D eigenvalue weighted by molar-refractivity contribution is 5.94. The van der Waals surface area contributed by atoms with Crippen molar-refractivity contribution in [3.8, 4) is 0 Å². The van der Waals surface area contributed by atoms with Crippen molar-refractivity contribution in [3.63, 3.8) is 0 Å². The van der Waals surface area contributed by atoms with Gasteiger partial charge < -0.3 is 10.0 Å². The second-order valence-electron chi connectivity index (χ2n) is 10.4. The van der Waals surface area contributed by atoms with Crippen LogP contribution in [0.1, 0.15) is 66.8 Å². The molecule has 1 N–H and O–H groups in total. The van der Waals surface area contributed by atoms with E-state index in [2.05, 4.69) is 35.2 Å². The Kier molecular flexibility index (Phi) is 6.53. The number of likely N-dealkylation sites (tertiary alicyclic amines) is 2. The Morgan fingerprint density at radius 1 is 0.939 bits per heavy atom. The number of aliphatic hydroxyl groups excluding tert-OH is 1. The summed E-state index contributed by atoms with van der Waals surface area (Å²) in [4.78, 5) is 17.6. The molecule has 1 saturated carbocycles. The lowest BCUT2D eigenvalue weighted by Crippen LogP contribution is -2.56. The van der Waals surface area contributed by atoms with Gasteiger partial charge in [0.15, 0.2) is 0 Å². The van der Waals surface area contributed by atoms with Crippen molar-refractivity contribution in [2.45, 2.75) is 63.0 Å². The molecule has 0 radical (unpaired) electrons. The molecule has 0 unspecified atom stereocenters. The van der Waals surface area contributed by atoms with Gasteiger partial charge in [-0.05, 0) is 99.2 Å². The van der Waals surface area contributed by atoms with Crippen LogP contribution in [-0.2, 0) is 0 Å². The normalized spacial score (nSPS) is 29.3. The fraction of sp³-hybridized carbons (Fsp3) is 0.536. The van der Waals surface area contributed by atoms with Gasteiger partial charge in [0.2, 0.25) is 0 Å². The lowest BCUT2D eigenvalue weighted by Gasteiger charge is -2.52. The van der Waals surface area contributed by atoms with E-state index in [-0.39, 0.29) is 29.3 Å². The molecule has 1 aliphatic carbocycles. The van der Waals surface area contributed by atoms with E-state index in [0.717, 1.165) is 71.1 Å². The smallest absolute Gasteiger partial charge is 0.253 e. The molecule has 4 nitrogen and oxygen atoms in total. The zero-order valence-corrected chi connectivity index (χ0v) is 19.3. The molecule has 5 rings (SSSR count). The van der Waals surface area contributed by atoms with Gasteiger partial charge in [-0.15, -0.1) is 0 Å². The molecule has 0 bridgehead atoms. The maximum Gasteiger partial charge on any atom is 0.253 e. The summed E-state index contributed by atoms with van der Waals surface area (Å²) in [6, 6.07) is 16.9. The highest BCUT2D eigenvalue weighted by atomic mass is 19.1. The van der Waals surface area contributed by atoms with Gasteiger partial charge in [-0.3, -0.25) is 9.69 Å². The van der Waals surface area contributed by atoms with E-state index in [4.69, 9.17) is 0 Å². The van der Waals surface area contributed by atoms with Crippen LogP contribution in [0.15, 0.2) is 54.6 Å². The number of carbonyl (C=O) groups excluding carboxylic acids is 1. The topological polar surface area (TPSA) is 43.8 Å². The number of rotatable bonds is 3. The minimum atomic E-state index is -0.318. The standard InChI is InChI=1S/C28H35FN2O2/c29-24-9-7-23(8-10-24)27(33)31-16-4-14-28(20-31)15-11-26(32)25(19-28)30-17-12-22(13-18-30)21-5-2-1-3-6-21/h1-3,5-10,22,25-26,32H,4,11-20H2/t25-,26-,28+/m1/s1. The molecule has 3 atom stereocenters. The molecule has 2 aromatic carbocycles.